The third kappa shape index (κ3) is 7.38. The van der Waals surface area contributed by atoms with Crippen molar-refractivity contribution in [3.05, 3.63) is 74.6 Å². The van der Waals surface area contributed by atoms with Gasteiger partial charge in [-0.3, -0.25) is 9.36 Å². The second kappa shape index (κ2) is 13.9. The van der Waals surface area contributed by atoms with E-state index in [0.717, 1.165) is 25.2 Å². The molecule has 2 aliphatic heterocycles. The maximum absolute atomic E-state index is 14.4. The molecule has 2 aromatic carbocycles. The fraction of sp³-hybridized carbons (Fsp3) is 0.441. The number of piperidine rings is 2. The molecule has 2 aromatic heterocycles. The maximum Gasteiger partial charge on any atom is 0.260 e. The Hall–Kier alpha value is -3.07. The number of hydrogen-bond donors (Lipinski definition) is 1. The van der Waals surface area contributed by atoms with E-state index in [1.807, 2.05) is 12.1 Å². The Bertz CT molecular complexity index is 2140. The van der Waals surface area contributed by atoms with Crippen LogP contribution in [-0.2, 0) is 19.9 Å². The van der Waals surface area contributed by atoms with E-state index < -0.39 is 30.7 Å². The minimum Gasteiger partial charge on any atom is -0.324 e. The van der Waals surface area contributed by atoms with Crippen LogP contribution in [0.4, 0.5) is 11.6 Å². The molecular formula is C34H40Cl2N6O5S2. The average Bonchev–Trinajstić information content (AvgIpc) is 3.05. The number of sulfonamides is 1. The van der Waals surface area contributed by atoms with Crippen molar-refractivity contribution in [3.63, 3.8) is 0 Å². The number of pyridine rings is 1. The first-order chi connectivity index (χ1) is 23.1. The summed E-state index contributed by atoms with van der Waals surface area (Å²) in [6.07, 6.45) is 5.87. The second-order valence-electron chi connectivity index (χ2n) is 13.3. The zero-order chi connectivity index (χ0) is 35.2. The van der Waals surface area contributed by atoms with Crippen LogP contribution in [0.25, 0.3) is 22.2 Å². The molecule has 2 fully saturated rings. The van der Waals surface area contributed by atoms with Gasteiger partial charge in [-0.05, 0) is 94.9 Å². The highest BCUT2D eigenvalue weighted by atomic mass is 35.5. The minimum absolute atomic E-state index is 0.0177. The number of sulfone groups is 1. The fourth-order valence-corrected chi connectivity index (χ4v) is 9.58. The monoisotopic (exact) mass is 746 g/mol. The number of benzene rings is 2. The quantitative estimate of drug-likeness (QED) is 0.227. The molecule has 49 heavy (non-hydrogen) atoms. The van der Waals surface area contributed by atoms with Crippen molar-refractivity contribution in [2.24, 2.45) is 0 Å². The number of nitrogens with zero attached hydrogens (tertiary/aromatic N) is 5. The van der Waals surface area contributed by atoms with Crippen LogP contribution in [0.1, 0.15) is 57.1 Å². The lowest BCUT2D eigenvalue weighted by molar-refractivity contribution is 0.251. The molecule has 0 aliphatic carbocycles. The van der Waals surface area contributed by atoms with Crippen molar-refractivity contribution in [2.75, 3.05) is 44.8 Å². The largest absolute Gasteiger partial charge is 0.324 e. The molecule has 0 saturated carbocycles. The Labute approximate surface area is 297 Å². The zero-order valence-corrected chi connectivity index (χ0v) is 31.0. The first kappa shape index (κ1) is 35.7. The summed E-state index contributed by atoms with van der Waals surface area (Å²) < 4.78 is 53.3. The number of hydrogen-bond acceptors (Lipinski definition) is 9. The van der Waals surface area contributed by atoms with Crippen molar-refractivity contribution in [1.82, 2.24) is 23.7 Å². The van der Waals surface area contributed by atoms with Gasteiger partial charge >= 0.3 is 0 Å². The molecule has 4 aromatic rings. The van der Waals surface area contributed by atoms with Gasteiger partial charge in [0.2, 0.25) is 16.0 Å². The second-order valence-corrected chi connectivity index (χ2v) is 18.6. The van der Waals surface area contributed by atoms with Gasteiger partial charge in [-0.25, -0.2) is 26.1 Å². The Kier molecular flexibility index (Phi) is 10.2. The predicted octanol–water partition coefficient (Wildman–Crippen LogP) is 6.10. The van der Waals surface area contributed by atoms with Crippen LogP contribution in [0.3, 0.4) is 0 Å². The van der Waals surface area contributed by atoms with Gasteiger partial charge in [0, 0.05) is 48.5 Å². The minimum atomic E-state index is -3.68. The van der Waals surface area contributed by atoms with Gasteiger partial charge in [-0.2, -0.15) is 4.98 Å². The van der Waals surface area contributed by atoms with Gasteiger partial charge in [0.1, 0.15) is 5.65 Å². The molecule has 4 heterocycles. The Morgan fingerprint density at radius 3 is 2.18 bits per heavy atom. The van der Waals surface area contributed by atoms with Gasteiger partial charge in [0.05, 0.1) is 32.0 Å². The van der Waals surface area contributed by atoms with Crippen molar-refractivity contribution in [2.45, 2.75) is 61.6 Å². The van der Waals surface area contributed by atoms with Crippen LogP contribution in [0.15, 0.2) is 58.4 Å². The van der Waals surface area contributed by atoms with Crippen molar-refractivity contribution < 1.29 is 16.8 Å². The van der Waals surface area contributed by atoms with Crippen molar-refractivity contribution >= 4 is 65.7 Å². The highest BCUT2D eigenvalue weighted by Gasteiger charge is 2.30. The standard InChI is InChI=1S/C34H40Cl2N6O5S2/c1-21(2)49(46,47)27-17-29(35)31(30(36)18-27)28-16-24-19-37-34(38-25-9-7-22(8-10-25)23-6-5-13-40(3)20-23)39-32(24)42(33(28)43)26-11-14-41(15-12-26)48(4,44)45/h7-10,16-19,21,23,26H,5-6,11-15,20H2,1-4H3,(H,37,38,39). The summed E-state index contributed by atoms with van der Waals surface area (Å²) >= 11 is 13.4. The Balaban J connectivity index is 1.41. The van der Waals surface area contributed by atoms with Crippen LogP contribution < -0.4 is 10.9 Å². The van der Waals surface area contributed by atoms with E-state index in [4.69, 9.17) is 28.2 Å². The van der Waals surface area contributed by atoms with Gasteiger partial charge in [-0.15, -0.1) is 0 Å². The third-order valence-electron chi connectivity index (χ3n) is 9.53. The number of likely N-dealkylation sites (tertiary alicyclic amines) is 1. The van der Waals surface area contributed by atoms with E-state index in [9.17, 15) is 21.6 Å². The SMILES string of the molecule is CC(C)S(=O)(=O)c1cc(Cl)c(-c2cc3cnc(Nc4ccc(C5CCCN(C)C5)cc4)nc3n(C3CCN(S(C)(=O)=O)CC3)c2=O)c(Cl)c1. The van der Waals surface area contributed by atoms with Crippen LogP contribution in [0, 0.1) is 0 Å². The molecule has 1 atom stereocenters. The molecular weight excluding hydrogens is 707 g/mol. The van der Waals surface area contributed by atoms with Crippen LogP contribution in [0.5, 0.6) is 0 Å². The summed E-state index contributed by atoms with van der Waals surface area (Å²) in [7, 11) is -4.93. The van der Waals surface area contributed by atoms with Crippen LogP contribution in [-0.4, -0.2) is 85.3 Å². The molecule has 1 N–H and O–H groups in total. The summed E-state index contributed by atoms with van der Waals surface area (Å²) in [4.78, 5) is 26.1. The fourth-order valence-electron chi connectivity index (χ4n) is 6.78. The number of anilines is 2. The first-order valence-electron chi connectivity index (χ1n) is 16.3. The molecule has 11 nitrogen and oxygen atoms in total. The number of nitrogens with one attached hydrogen (secondary N) is 1. The molecule has 0 amide bonds. The number of fused-ring (bicyclic) bond motifs is 1. The number of aromatic nitrogens is 3. The molecule has 0 spiro atoms. The number of rotatable bonds is 8. The van der Waals surface area contributed by atoms with Crippen LogP contribution >= 0.6 is 23.2 Å². The lowest BCUT2D eigenvalue weighted by atomic mass is 9.91. The summed E-state index contributed by atoms with van der Waals surface area (Å²) in [5, 5.41) is 3.15. The third-order valence-corrected chi connectivity index (χ3v) is 13.6. The summed E-state index contributed by atoms with van der Waals surface area (Å²) in [6.45, 7) is 5.76. The maximum atomic E-state index is 14.4. The molecule has 15 heteroatoms. The van der Waals surface area contributed by atoms with Gasteiger partial charge < -0.3 is 10.2 Å². The molecule has 6 rings (SSSR count). The summed E-state index contributed by atoms with van der Waals surface area (Å²) in [5.41, 5.74) is 2.39. The number of likely N-dealkylation sites (N-methyl/N-ethyl adjacent to an activating group) is 1. The molecule has 262 valence electrons. The Morgan fingerprint density at radius 1 is 0.939 bits per heavy atom. The van der Waals surface area contributed by atoms with Crippen molar-refractivity contribution in [3.8, 4) is 11.1 Å². The predicted molar refractivity (Wildman–Crippen MR) is 195 cm³/mol. The van der Waals surface area contributed by atoms with Gasteiger partial charge in [-0.1, -0.05) is 35.3 Å². The van der Waals surface area contributed by atoms with E-state index in [-0.39, 0.29) is 45.2 Å². The highest BCUT2D eigenvalue weighted by molar-refractivity contribution is 7.92. The van der Waals surface area contributed by atoms with E-state index >= 15 is 0 Å². The molecule has 0 radical (unpaired) electrons. The number of halogens is 2. The van der Waals surface area contributed by atoms with E-state index in [1.165, 1.54) is 34.7 Å². The molecule has 2 aliphatic rings. The lowest BCUT2D eigenvalue weighted by Gasteiger charge is -2.32. The molecule has 1 unspecified atom stereocenters. The van der Waals surface area contributed by atoms with E-state index in [1.54, 1.807) is 30.7 Å². The lowest BCUT2D eigenvalue weighted by Crippen LogP contribution is -2.40. The van der Waals surface area contributed by atoms with E-state index in [0.29, 0.717) is 35.7 Å². The van der Waals surface area contributed by atoms with Gasteiger partial charge in [0.15, 0.2) is 9.84 Å². The zero-order valence-electron chi connectivity index (χ0n) is 27.9. The average molecular weight is 748 g/mol. The topological polar surface area (TPSA) is 135 Å². The smallest absolute Gasteiger partial charge is 0.260 e. The van der Waals surface area contributed by atoms with E-state index in [2.05, 4.69) is 34.4 Å². The summed E-state index contributed by atoms with van der Waals surface area (Å²) in [6, 6.07) is 12.1. The van der Waals surface area contributed by atoms with Gasteiger partial charge in [0.25, 0.3) is 5.56 Å². The summed E-state index contributed by atoms with van der Waals surface area (Å²) in [5.74, 6) is 0.784. The molecule has 2 saturated heterocycles. The Morgan fingerprint density at radius 2 is 1.59 bits per heavy atom. The molecule has 0 bridgehead atoms. The normalized spacial score (nSPS) is 18.7. The van der Waals surface area contributed by atoms with Crippen molar-refractivity contribution in [1.29, 1.82) is 0 Å². The van der Waals surface area contributed by atoms with Crippen LogP contribution in [0.2, 0.25) is 10.0 Å². The highest BCUT2D eigenvalue weighted by Crippen LogP contribution is 2.38. The first-order valence-corrected chi connectivity index (χ1v) is 20.4.